The number of hydrogen-bond donors (Lipinski definition) is 1. The highest BCUT2D eigenvalue weighted by molar-refractivity contribution is 8.03. The first-order valence-electron chi connectivity index (χ1n) is 8.29. The van der Waals surface area contributed by atoms with Crippen LogP contribution in [0.15, 0.2) is 88.3 Å². The number of Topliss-reactive ketones (excluding diaryl/α,β-unsaturated/α-hetero) is 2. The Morgan fingerprint density at radius 1 is 0.769 bits per heavy atom. The highest BCUT2D eigenvalue weighted by Crippen LogP contribution is 2.40. The molecule has 26 heavy (non-hydrogen) atoms. The molecule has 124 valence electrons. The quantitative estimate of drug-likeness (QED) is 0.481. The fourth-order valence-corrected chi connectivity index (χ4v) is 4.24. The van der Waals surface area contributed by atoms with Gasteiger partial charge in [0.15, 0.2) is 11.6 Å². The summed E-state index contributed by atoms with van der Waals surface area (Å²) in [4.78, 5) is 26.6. The Bertz CT molecular complexity index is 1090. The van der Waals surface area contributed by atoms with Gasteiger partial charge in [-0.1, -0.05) is 48.2 Å². The molecule has 4 heteroatoms. The van der Waals surface area contributed by atoms with Gasteiger partial charge in [0.05, 0.1) is 16.3 Å². The minimum Gasteiger partial charge on any atom is -0.349 e. The maximum atomic E-state index is 12.7. The molecule has 0 aromatic heterocycles. The molecule has 2 aliphatic rings. The fourth-order valence-electron chi connectivity index (χ4n) is 3.33. The monoisotopic (exact) mass is 355 g/mol. The summed E-state index contributed by atoms with van der Waals surface area (Å²) in [5.74, 6) is -0.402. The number of carbonyl (C=O) groups is 2. The Labute approximate surface area is 154 Å². The summed E-state index contributed by atoms with van der Waals surface area (Å²) in [6, 6.07) is 19.4. The zero-order valence-corrected chi connectivity index (χ0v) is 14.5. The molecule has 1 aliphatic carbocycles. The van der Waals surface area contributed by atoms with E-state index in [4.69, 9.17) is 0 Å². The van der Waals surface area contributed by atoms with Gasteiger partial charge in [-0.15, -0.1) is 0 Å². The maximum absolute atomic E-state index is 12.7. The highest BCUT2D eigenvalue weighted by atomic mass is 32.2. The van der Waals surface area contributed by atoms with Crippen molar-refractivity contribution in [2.45, 2.75) is 4.90 Å². The molecule has 0 saturated heterocycles. The molecule has 1 heterocycles. The van der Waals surface area contributed by atoms with Crippen LogP contribution >= 0.6 is 11.8 Å². The van der Waals surface area contributed by atoms with Crippen LogP contribution in [0.1, 0.15) is 20.7 Å². The van der Waals surface area contributed by atoms with Crippen LogP contribution in [0.5, 0.6) is 0 Å². The van der Waals surface area contributed by atoms with Crippen LogP contribution in [0, 0.1) is 0 Å². The molecule has 1 N–H and O–H groups in total. The zero-order valence-electron chi connectivity index (χ0n) is 13.7. The first-order valence-corrected chi connectivity index (χ1v) is 9.10. The summed E-state index contributed by atoms with van der Waals surface area (Å²) >= 11 is 1.59. The number of allylic oxidation sites excluding steroid dienone is 3. The number of para-hydroxylation sites is 1. The number of nitrogens with one attached hydrogen (secondary N) is 1. The molecule has 5 rings (SSSR count). The summed E-state index contributed by atoms with van der Waals surface area (Å²) in [6.07, 6.45) is 3.44. The predicted octanol–water partition coefficient (Wildman–Crippen LogP) is 5.20. The Balaban J connectivity index is 1.52. The lowest BCUT2D eigenvalue weighted by atomic mass is 10.0. The molecule has 0 amide bonds. The third-order valence-electron chi connectivity index (χ3n) is 4.63. The summed E-state index contributed by atoms with van der Waals surface area (Å²) in [6.45, 7) is 0. The summed E-state index contributed by atoms with van der Waals surface area (Å²) < 4.78 is 0. The van der Waals surface area contributed by atoms with Crippen molar-refractivity contribution in [2.75, 3.05) is 5.32 Å². The van der Waals surface area contributed by atoms with E-state index in [1.165, 1.54) is 0 Å². The van der Waals surface area contributed by atoms with E-state index in [1.807, 2.05) is 60.7 Å². The molecular formula is C22H13NO2S. The Morgan fingerprint density at radius 2 is 1.38 bits per heavy atom. The average Bonchev–Trinajstić information content (AvgIpc) is 3.18. The van der Waals surface area contributed by atoms with Crippen LogP contribution in [0.2, 0.25) is 0 Å². The Morgan fingerprint density at radius 3 is 2.04 bits per heavy atom. The summed E-state index contributed by atoms with van der Waals surface area (Å²) in [7, 11) is 0. The summed E-state index contributed by atoms with van der Waals surface area (Å²) in [5.41, 5.74) is 2.25. The van der Waals surface area contributed by atoms with Gasteiger partial charge in [-0.3, -0.25) is 9.59 Å². The third-order valence-corrected chi connectivity index (χ3v) is 5.66. The largest absolute Gasteiger partial charge is 0.349 e. The van der Waals surface area contributed by atoms with Crippen LogP contribution in [0.25, 0.3) is 10.8 Å². The summed E-state index contributed by atoms with van der Waals surface area (Å²) in [5, 5.41) is 6.13. The van der Waals surface area contributed by atoms with Gasteiger partial charge in [-0.25, -0.2) is 0 Å². The van der Waals surface area contributed by atoms with Crippen molar-refractivity contribution < 1.29 is 9.59 Å². The van der Waals surface area contributed by atoms with Gasteiger partial charge in [-0.05, 0) is 47.2 Å². The van der Waals surface area contributed by atoms with Gasteiger partial charge in [0.25, 0.3) is 0 Å². The number of fused-ring (bicyclic) bond motifs is 3. The number of hydrogen-bond acceptors (Lipinski definition) is 4. The molecule has 0 fully saturated rings. The number of carbonyl (C=O) groups excluding carboxylic acids is 2. The van der Waals surface area contributed by atoms with Gasteiger partial charge in [-0.2, -0.15) is 0 Å². The second-order valence-electron chi connectivity index (χ2n) is 6.24. The van der Waals surface area contributed by atoms with Gasteiger partial charge in [0.2, 0.25) is 0 Å². The van der Waals surface area contributed by atoms with Crippen LogP contribution < -0.4 is 5.32 Å². The number of anilines is 1. The van der Waals surface area contributed by atoms with Crippen LogP contribution in [-0.2, 0) is 0 Å². The molecular weight excluding hydrogens is 342 g/mol. The number of rotatable bonds is 1. The van der Waals surface area contributed by atoms with E-state index in [-0.39, 0.29) is 17.1 Å². The van der Waals surface area contributed by atoms with E-state index >= 15 is 0 Å². The number of benzene rings is 3. The highest BCUT2D eigenvalue weighted by Gasteiger charge is 2.33. The molecule has 0 atom stereocenters. The first-order chi connectivity index (χ1) is 12.7. The second-order valence-corrected chi connectivity index (χ2v) is 7.32. The minimum absolute atomic E-state index is 0.201. The topological polar surface area (TPSA) is 46.2 Å². The predicted molar refractivity (Wildman–Crippen MR) is 105 cm³/mol. The van der Waals surface area contributed by atoms with Crippen molar-refractivity contribution in [3.63, 3.8) is 0 Å². The van der Waals surface area contributed by atoms with Gasteiger partial charge < -0.3 is 5.32 Å². The van der Waals surface area contributed by atoms with Gasteiger partial charge in [0, 0.05) is 16.0 Å². The molecule has 0 unspecified atom stereocenters. The van der Waals surface area contributed by atoms with Crippen molar-refractivity contribution >= 4 is 39.8 Å². The van der Waals surface area contributed by atoms with Crippen LogP contribution in [0.4, 0.5) is 5.69 Å². The lowest BCUT2D eigenvalue weighted by Crippen LogP contribution is -2.00. The lowest BCUT2D eigenvalue weighted by molar-refractivity contribution is 0.0989. The van der Waals surface area contributed by atoms with E-state index in [1.54, 1.807) is 23.9 Å². The van der Waals surface area contributed by atoms with Crippen molar-refractivity contribution in [2.24, 2.45) is 0 Å². The molecule has 3 aromatic carbocycles. The molecule has 0 spiro atoms. The minimum atomic E-state index is -0.201. The van der Waals surface area contributed by atoms with E-state index in [2.05, 4.69) is 5.32 Å². The lowest BCUT2D eigenvalue weighted by Gasteiger charge is -2.00. The molecule has 0 bridgehead atoms. The smallest absolute Gasteiger partial charge is 0.197 e. The van der Waals surface area contributed by atoms with Crippen molar-refractivity contribution in [1.82, 2.24) is 0 Å². The maximum Gasteiger partial charge on any atom is 0.197 e. The van der Waals surface area contributed by atoms with Crippen LogP contribution in [0.3, 0.4) is 0 Å². The molecule has 0 saturated carbocycles. The number of thioether (sulfide) groups is 1. The first kappa shape index (κ1) is 15.2. The van der Waals surface area contributed by atoms with E-state index in [0.717, 1.165) is 26.4 Å². The standard InChI is InChI=1S/C22H13NO2S/c24-21-15(9-10-20-23-18-7-3-4-8-19(18)26-20)22(25)17-12-14-6-2-1-5-13(14)11-16(17)21/h1-12,23H/b20-10-. The molecule has 1 aliphatic heterocycles. The van der Waals surface area contributed by atoms with Gasteiger partial charge in [0.1, 0.15) is 0 Å². The van der Waals surface area contributed by atoms with Gasteiger partial charge >= 0.3 is 0 Å². The third kappa shape index (κ3) is 2.30. The van der Waals surface area contributed by atoms with E-state index in [9.17, 15) is 9.59 Å². The molecule has 0 radical (unpaired) electrons. The van der Waals surface area contributed by atoms with Crippen molar-refractivity contribution in [3.8, 4) is 0 Å². The second kappa shape index (κ2) is 5.71. The zero-order chi connectivity index (χ0) is 17.7. The van der Waals surface area contributed by atoms with E-state index in [0.29, 0.717) is 11.1 Å². The van der Waals surface area contributed by atoms with Crippen molar-refractivity contribution in [1.29, 1.82) is 0 Å². The normalized spacial score (nSPS) is 16.8. The fraction of sp³-hybridized carbons (Fsp3) is 0. The van der Waals surface area contributed by atoms with Crippen LogP contribution in [-0.4, -0.2) is 11.6 Å². The SMILES string of the molecule is O=C1C(=C/C=C2/Nc3ccccc3S2)C(=O)c2cc3ccccc3cc21. The molecule has 3 aromatic rings. The number of ketones is 2. The Kier molecular flexibility index (Phi) is 3.33. The van der Waals surface area contributed by atoms with E-state index < -0.39 is 0 Å². The average molecular weight is 355 g/mol. The van der Waals surface area contributed by atoms with Crippen molar-refractivity contribution in [3.05, 3.63) is 94.5 Å². The Hall–Kier alpha value is -3.11. The molecule has 3 nitrogen and oxygen atoms in total.